The van der Waals surface area contributed by atoms with E-state index in [1.807, 2.05) is 6.26 Å². The molecule has 0 radical (unpaired) electrons. The molecule has 0 spiro atoms. The van der Waals surface area contributed by atoms with E-state index >= 15 is 0 Å². The van der Waals surface area contributed by atoms with Crippen molar-refractivity contribution in [3.63, 3.8) is 0 Å². The maximum absolute atomic E-state index is 12.7. The Morgan fingerprint density at radius 1 is 0.931 bits per heavy atom. The van der Waals surface area contributed by atoms with Crippen molar-refractivity contribution in [2.45, 2.75) is 51.2 Å². The summed E-state index contributed by atoms with van der Waals surface area (Å²) in [5.74, 6) is -4.01. The van der Waals surface area contributed by atoms with Crippen LogP contribution in [0.2, 0.25) is 0 Å². The number of carbonyl (C=O) groups is 5. The summed E-state index contributed by atoms with van der Waals surface area (Å²) in [6.07, 6.45) is 1.73. The average Bonchev–Trinajstić information content (AvgIpc) is 2.64. The van der Waals surface area contributed by atoms with Crippen LogP contribution in [0.4, 0.5) is 0 Å². The average molecular weight is 435 g/mol. The molecule has 0 saturated heterocycles. The van der Waals surface area contributed by atoms with E-state index in [4.69, 9.17) is 15.9 Å². The highest BCUT2D eigenvalue weighted by Crippen LogP contribution is 2.06. The second-order valence-corrected chi connectivity index (χ2v) is 7.71. The first-order valence-corrected chi connectivity index (χ1v) is 10.5. The Morgan fingerprint density at radius 2 is 1.55 bits per heavy atom. The minimum atomic E-state index is -1.22. The minimum Gasteiger partial charge on any atom is -0.481 e. The molecule has 0 aromatic carbocycles. The Hall–Kier alpha value is -2.34. The second-order valence-electron chi connectivity index (χ2n) is 6.72. The lowest BCUT2D eigenvalue weighted by Crippen LogP contribution is -2.57. The Labute approximate surface area is 173 Å². The van der Waals surface area contributed by atoms with Crippen LogP contribution in [0.3, 0.4) is 0 Å². The van der Waals surface area contributed by atoms with Crippen LogP contribution in [0.1, 0.15) is 33.1 Å². The molecular weight excluding hydrogens is 404 g/mol. The van der Waals surface area contributed by atoms with Crippen molar-refractivity contribution < 1.29 is 34.2 Å². The third-order valence-corrected chi connectivity index (χ3v) is 4.55. The summed E-state index contributed by atoms with van der Waals surface area (Å²) in [7, 11) is 0. The number of carboxylic acids is 2. The fourth-order valence-electron chi connectivity index (χ4n) is 2.25. The van der Waals surface area contributed by atoms with Crippen LogP contribution < -0.4 is 21.7 Å². The molecule has 29 heavy (non-hydrogen) atoms. The second kappa shape index (κ2) is 13.8. The van der Waals surface area contributed by atoms with Crippen LogP contribution in [0.25, 0.3) is 0 Å². The van der Waals surface area contributed by atoms with Crippen molar-refractivity contribution in [2.75, 3.05) is 18.6 Å². The van der Waals surface area contributed by atoms with Gasteiger partial charge in [-0.2, -0.15) is 11.8 Å². The maximum Gasteiger partial charge on any atom is 0.322 e. The van der Waals surface area contributed by atoms with E-state index in [0.717, 1.165) is 0 Å². The molecule has 0 aliphatic carbocycles. The Bertz CT molecular complexity index is 600. The van der Waals surface area contributed by atoms with Gasteiger partial charge in [0.1, 0.15) is 18.6 Å². The fourth-order valence-corrected chi connectivity index (χ4v) is 2.73. The highest BCUT2D eigenvalue weighted by atomic mass is 32.2. The first-order valence-electron chi connectivity index (χ1n) is 9.06. The summed E-state index contributed by atoms with van der Waals surface area (Å²) in [6.45, 7) is 2.79. The van der Waals surface area contributed by atoms with Crippen LogP contribution in [0.15, 0.2) is 0 Å². The number of carbonyl (C=O) groups excluding carboxylic acids is 3. The van der Waals surface area contributed by atoms with Gasteiger partial charge in [-0.05, 0) is 30.8 Å². The van der Waals surface area contributed by atoms with Crippen molar-refractivity contribution in [1.82, 2.24) is 16.0 Å². The molecule has 0 saturated carbocycles. The summed E-state index contributed by atoms with van der Waals surface area (Å²) in [6, 6.07) is -3.05. The maximum atomic E-state index is 12.7. The molecule has 0 bridgehead atoms. The summed E-state index contributed by atoms with van der Waals surface area (Å²) in [5.41, 5.74) is 5.68. The summed E-state index contributed by atoms with van der Waals surface area (Å²) in [5, 5.41) is 24.6. The third-order valence-electron chi connectivity index (χ3n) is 3.91. The molecule has 0 aliphatic rings. The molecule has 0 rings (SSSR count). The quantitative estimate of drug-likeness (QED) is 0.194. The highest BCUT2D eigenvalue weighted by molar-refractivity contribution is 7.98. The lowest BCUT2D eigenvalue weighted by Gasteiger charge is -2.25. The smallest absolute Gasteiger partial charge is 0.322 e. The minimum absolute atomic E-state index is 0.0791. The topological polar surface area (TPSA) is 188 Å². The number of nitrogens with one attached hydrogen (secondary N) is 3. The predicted octanol–water partition coefficient (Wildman–Crippen LogP) is -1.24. The van der Waals surface area contributed by atoms with E-state index in [1.54, 1.807) is 13.8 Å². The van der Waals surface area contributed by atoms with Gasteiger partial charge in [-0.1, -0.05) is 13.8 Å². The number of hydrogen-bond donors (Lipinski definition) is 6. The summed E-state index contributed by atoms with van der Waals surface area (Å²) < 4.78 is 0. The molecule has 3 atom stereocenters. The molecule has 166 valence electrons. The van der Waals surface area contributed by atoms with Crippen molar-refractivity contribution in [1.29, 1.82) is 0 Å². The SMILES string of the molecule is CSCCC(NC(=O)C(N)CCC(=O)O)C(=O)NC(C(=O)NCC(=O)O)C(C)C. The number of amides is 3. The van der Waals surface area contributed by atoms with Crippen LogP contribution in [-0.2, 0) is 24.0 Å². The van der Waals surface area contributed by atoms with Gasteiger partial charge in [0.15, 0.2) is 0 Å². The molecule has 0 heterocycles. The van der Waals surface area contributed by atoms with Gasteiger partial charge < -0.3 is 31.9 Å². The molecule has 3 amide bonds. The Kier molecular flexibility index (Phi) is 12.7. The lowest BCUT2D eigenvalue weighted by atomic mass is 10.0. The van der Waals surface area contributed by atoms with Gasteiger partial charge >= 0.3 is 11.9 Å². The van der Waals surface area contributed by atoms with E-state index in [0.29, 0.717) is 5.75 Å². The monoisotopic (exact) mass is 434 g/mol. The molecule has 11 nitrogen and oxygen atoms in total. The standard InChI is InChI=1S/C17H30N4O7S/c1-9(2)14(17(28)19-8-13(24)25)21-16(27)11(6-7-29-3)20-15(26)10(18)4-5-12(22)23/h9-11,14H,4-8,18H2,1-3H3,(H,19,28)(H,20,26)(H,21,27)(H,22,23)(H,24,25). The number of rotatable bonds is 14. The molecule has 0 aromatic rings. The van der Waals surface area contributed by atoms with Crippen molar-refractivity contribution in [2.24, 2.45) is 11.7 Å². The molecular formula is C17H30N4O7S. The normalized spacial score (nSPS) is 13.8. The van der Waals surface area contributed by atoms with Crippen LogP contribution >= 0.6 is 11.8 Å². The van der Waals surface area contributed by atoms with Crippen LogP contribution in [-0.4, -0.2) is 76.6 Å². The molecule has 3 unspecified atom stereocenters. The van der Waals surface area contributed by atoms with Crippen molar-refractivity contribution in [3.8, 4) is 0 Å². The van der Waals surface area contributed by atoms with Gasteiger partial charge in [0, 0.05) is 6.42 Å². The largest absolute Gasteiger partial charge is 0.481 e. The van der Waals surface area contributed by atoms with Gasteiger partial charge in [0.25, 0.3) is 0 Å². The zero-order valence-corrected chi connectivity index (χ0v) is 17.6. The van der Waals surface area contributed by atoms with E-state index in [1.165, 1.54) is 11.8 Å². The number of aliphatic carboxylic acids is 2. The molecule has 0 aromatic heterocycles. The number of nitrogens with two attached hydrogens (primary N) is 1. The van der Waals surface area contributed by atoms with Crippen LogP contribution in [0, 0.1) is 5.92 Å². The Morgan fingerprint density at radius 3 is 2.03 bits per heavy atom. The van der Waals surface area contributed by atoms with Gasteiger partial charge in [0.05, 0.1) is 6.04 Å². The van der Waals surface area contributed by atoms with E-state index < -0.39 is 54.3 Å². The first kappa shape index (κ1) is 26.7. The summed E-state index contributed by atoms with van der Waals surface area (Å²) in [4.78, 5) is 58.3. The van der Waals surface area contributed by atoms with Gasteiger partial charge in [-0.25, -0.2) is 0 Å². The van der Waals surface area contributed by atoms with E-state index in [2.05, 4.69) is 16.0 Å². The van der Waals surface area contributed by atoms with Gasteiger partial charge in [-0.3, -0.25) is 24.0 Å². The zero-order valence-electron chi connectivity index (χ0n) is 16.8. The highest BCUT2D eigenvalue weighted by Gasteiger charge is 2.29. The number of thioether (sulfide) groups is 1. The molecule has 0 fully saturated rings. The van der Waals surface area contributed by atoms with Crippen LogP contribution in [0.5, 0.6) is 0 Å². The van der Waals surface area contributed by atoms with Gasteiger partial charge in [0.2, 0.25) is 17.7 Å². The third kappa shape index (κ3) is 11.3. The predicted molar refractivity (Wildman–Crippen MR) is 107 cm³/mol. The molecule has 7 N–H and O–H groups in total. The Balaban J connectivity index is 5.10. The van der Waals surface area contributed by atoms with Crippen molar-refractivity contribution >= 4 is 41.4 Å². The fraction of sp³-hybridized carbons (Fsp3) is 0.706. The molecule has 12 heteroatoms. The lowest BCUT2D eigenvalue weighted by molar-refractivity contribution is -0.139. The number of carboxylic acid groups (broad SMARTS) is 2. The molecule has 0 aliphatic heterocycles. The zero-order chi connectivity index (χ0) is 22.6. The first-order chi connectivity index (χ1) is 13.5. The van der Waals surface area contributed by atoms with Crippen molar-refractivity contribution in [3.05, 3.63) is 0 Å². The summed E-state index contributed by atoms with van der Waals surface area (Å²) >= 11 is 1.46. The van der Waals surface area contributed by atoms with E-state index in [9.17, 15) is 24.0 Å². The van der Waals surface area contributed by atoms with Gasteiger partial charge in [-0.15, -0.1) is 0 Å². The van der Waals surface area contributed by atoms with E-state index in [-0.39, 0.29) is 25.2 Å². The number of hydrogen-bond acceptors (Lipinski definition) is 7.